The smallest absolute Gasteiger partial charge is 0.243 e. The van der Waals surface area contributed by atoms with Crippen molar-refractivity contribution in [1.29, 1.82) is 0 Å². The van der Waals surface area contributed by atoms with Crippen molar-refractivity contribution in [2.75, 3.05) is 19.6 Å². The van der Waals surface area contributed by atoms with E-state index in [0.717, 1.165) is 34.5 Å². The van der Waals surface area contributed by atoms with Gasteiger partial charge in [-0.1, -0.05) is 50.2 Å². The standard InChI is InChI=1S/C33H43N5O5S/c1-19(2)30(28-14-21(4)36-43-28)33(42)38-17-25(39)15-27(38)32(41)35-26(16-29(40)37-12-10-20(3)11-13-37)23-6-8-24(9-7-23)31-22(5)34-18-44-31/h6-9,14,18-20,25-27,30,39H,10-13,15-17H2,1-5H3,(H,35,41)/t25-,26?,27+,30-/m1/s1. The minimum Gasteiger partial charge on any atom is -0.391 e. The van der Waals surface area contributed by atoms with Crippen molar-refractivity contribution in [3.8, 4) is 10.4 Å². The van der Waals surface area contributed by atoms with Gasteiger partial charge in [0.1, 0.15) is 17.7 Å². The summed E-state index contributed by atoms with van der Waals surface area (Å²) in [5.74, 6) is -0.410. The number of carbonyl (C=O) groups excluding carboxylic acids is 3. The lowest BCUT2D eigenvalue weighted by atomic mass is 9.91. The van der Waals surface area contributed by atoms with Gasteiger partial charge in [-0.25, -0.2) is 4.98 Å². The van der Waals surface area contributed by atoms with Gasteiger partial charge in [0.25, 0.3) is 0 Å². The average Bonchev–Trinajstić information content (AvgIpc) is 3.72. The van der Waals surface area contributed by atoms with Crippen LogP contribution in [0.3, 0.4) is 0 Å². The molecule has 2 aromatic heterocycles. The van der Waals surface area contributed by atoms with E-state index in [-0.39, 0.29) is 37.1 Å². The molecule has 0 aliphatic carbocycles. The van der Waals surface area contributed by atoms with E-state index in [9.17, 15) is 19.5 Å². The molecule has 2 aliphatic heterocycles. The Morgan fingerprint density at radius 1 is 1.14 bits per heavy atom. The normalized spacial score (nSPS) is 20.6. The first kappa shape index (κ1) is 31.8. The molecular formula is C33H43N5O5S. The van der Waals surface area contributed by atoms with Crippen molar-refractivity contribution in [2.45, 2.75) is 84.4 Å². The molecule has 236 valence electrons. The summed E-state index contributed by atoms with van der Waals surface area (Å²) in [7, 11) is 0. The summed E-state index contributed by atoms with van der Waals surface area (Å²) in [5, 5.41) is 17.7. The molecule has 4 atom stereocenters. The summed E-state index contributed by atoms with van der Waals surface area (Å²) in [6.07, 6.45) is 1.31. The van der Waals surface area contributed by atoms with E-state index in [0.29, 0.717) is 30.5 Å². The van der Waals surface area contributed by atoms with Crippen molar-refractivity contribution in [3.63, 3.8) is 0 Å². The third-order valence-corrected chi connectivity index (χ3v) is 9.88. The first-order valence-electron chi connectivity index (χ1n) is 15.5. The quantitative estimate of drug-likeness (QED) is 0.357. The monoisotopic (exact) mass is 621 g/mol. The second-order valence-corrected chi connectivity index (χ2v) is 13.6. The number of aromatic nitrogens is 2. The van der Waals surface area contributed by atoms with Gasteiger partial charge in [0.2, 0.25) is 17.7 Å². The third-order valence-electron chi connectivity index (χ3n) is 8.90. The zero-order chi connectivity index (χ0) is 31.5. The molecule has 0 spiro atoms. The maximum Gasteiger partial charge on any atom is 0.243 e. The van der Waals surface area contributed by atoms with Crippen molar-refractivity contribution in [1.82, 2.24) is 25.3 Å². The van der Waals surface area contributed by atoms with Gasteiger partial charge < -0.3 is 24.7 Å². The van der Waals surface area contributed by atoms with Crippen molar-refractivity contribution in [3.05, 3.63) is 58.6 Å². The number of β-amino-alcohol motifs (C(OH)–C–C–N with tert-alkyl or cyclic N) is 1. The number of carbonyl (C=O) groups is 3. The van der Waals surface area contributed by atoms with Gasteiger partial charge in [0.15, 0.2) is 0 Å². The van der Waals surface area contributed by atoms with Gasteiger partial charge in [0.05, 0.1) is 40.3 Å². The summed E-state index contributed by atoms with van der Waals surface area (Å²) in [6.45, 7) is 11.3. The van der Waals surface area contributed by atoms with Crippen molar-refractivity contribution in [2.24, 2.45) is 11.8 Å². The zero-order valence-electron chi connectivity index (χ0n) is 26.2. The lowest BCUT2D eigenvalue weighted by molar-refractivity contribution is -0.141. The molecule has 44 heavy (non-hydrogen) atoms. The van der Waals surface area contributed by atoms with Gasteiger partial charge in [0, 0.05) is 32.1 Å². The van der Waals surface area contributed by atoms with Crippen molar-refractivity contribution < 1.29 is 24.0 Å². The molecule has 0 radical (unpaired) electrons. The van der Waals surface area contributed by atoms with Gasteiger partial charge in [-0.05, 0) is 49.7 Å². The molecule has 1 unspecified atom stereocenters. The Morgan fingerprint density at radius 2 is 1.84 bits per heavy atom. The molecule has 2 aliphatic rings. The highest BCUT2D eigenvalue weighted by Crippen LogP contribution is 2.33. The first-order chi connectivity index (χ1) is 21.0. The molecule has 3 amide bonds. The molecule has 11 heteroatoms. The Kier molecular flexibility index (Phi) is 9.84. The number of amides is 3. The summed E-state index contributed by atoms with van der Waals surface area (Å²) < 4.78 is 5.46. The maximum absolute atomic E-state index is 13.9. The number of likely N-dealkylation sites (tertiary alicyclic amines) is 2. The molecule has 0 bridgehead atoms. The van der Waals surface area contributed by atoms with Crippen LogP contribution in [0, 0.1) is 25.7 Å². The van der Waals surface area contributed by atoms with Gasteiger partial charge in [-0.3, -0.25) is 14.4 Å². The highest BCUT2D eigenvalue weighted by molar-refractivity contribution is 7.13. The van der Waals surface area contributed by atoms with Crippen LogP contribution in [0.5, 0.6) is 0 Å². The molecule has 4 heterocycles. The molecule has 0 saturated carbocycles. The molecular weight excluding hydrogens is 578 g/mol. The second-order valence-electron chi connectivity index (χ2n) is 12.7. The molecule has 3 aromatic rings. The van der Waals surface area contributed by atoms with Gasteiger partial charge >= 0.3 is 0 Å². The predicted molar refractivity (Wildman–Crippen MR) is 168 cm³/mol. The molecule has 10 nitrogen and oxygen atoms in total. The third kappa shape index (κ3) is 7.04. The SMILES string of the molecule is Cc1cc([C@H](C(=O)N2C[C@H](O)C[C@H]2C(=O)NC(CC(=O)N2CCC(C)CC2)c2ccc(-c3scnc3C)cc2)C(C)C)on1. The Morgan fingerprint density at radius 3 is 2.43 bits per heavy atom. The lowest BCUT2D eigenvalue weighted by Gasteiger charge is -2.32. The number of hydrogen-bond acceptors (Lipinski definition) is 8. The summed E-state index contributed by atoms with van der Waals surface area (Å²) in [4.78, 5) is 50.1. The van der Waals surface area contributed by atoms with Crippen LogP contribution in [0.4, 0.5) is 0 Å². The number of nitrogens with zero attached hydrogens (tertiary/aromatic N) is 4. The molecule has 2 N–H and O–H groups in total. The van der Waals surface area contributed by atoms with Crippen LogP contribution in [-0.2, 0) is 14.4 Å². The molecule has 2 fully saturated rings. The van der Waals surface area contributed by atoms with Crippen LogP contribution < -0.4 is 5.32 Å². The van der Waals surface area contributed by atoms with E-state index in [2.05, 4.69) is 22.4 Å². The number of benzene rings is 1. The van der Waals surface area contributed by atoms with E-state index in [4.69, 9.17) is 4.52 Å². The number of thiazole rings is 1. The summed E-state index contributed by atoms with van der Waals surface area (Å²) in [6, 6.07) is 8.13. The second kappa shape index (κ2) is 13.6. The van der Waals surface area contributed by atoms with E-state index < -0.39 is 30.0 Å². The predicted octanol–water partition coefficient (Wildman–Crippen LogP) is 4.62. The van der Waals surface area contributed by atoms with Gasteiger partial charge in [-0.2, -0.15) is 0 Å². The number of piperidine rings is 1. The first-order valence-corrected chi connectivity index (χ1v) is 16.4. The Labute approximate surface area is 262 Å². The number of nitrogens with one attached hydrogen (secondary N) is 1. The van der Waals surface area contributed by atoms with E-state index in [1.54, 1.807) is 24.3 Å². The minimum absolute atomic E-state index is 0.00970. The Bertz CT molecular complexity index is 1460. The van der Waals surface area contributed by atoms with E-state index in [1.807, 2.05) is 55.4 Å². The van der Waals surface area contributed by atoms with Crippen molar-refractivity contribution >= 4 is 29.1 Å². The van der Waals surface area contributed by atoms with E-state index >= 15 is 0 Å². The van der Waals surface area contributed by atoms with Crippen LogP contribution in [-0.4, -0.2) is 74.5 Å². The van der Waals surface area contributed by atoms with E-state index in [1.165, 1.54) is 4.90 Å². The topological polar surface area (TPSA) is 129 Å². The average molecular weight is 622 g/mol. The number of aliphatic hydroxyl groups excluding tert-OH is 1. The summed E-state index contributed by atoms with van der Waals surface area (Å²) >= 11 is 1.57. The van der Waals surface area contributed by atoms with Crippen LogP contribution >= 0.6 is 11.3 Å². The number of aryl methyl sites for hydroxylation is 2. The maximum atomic E-state index is 13.9. The zero-order valence-corrected chi connectivity index (χ0v) is 27.0. The highest BCUT2D eigenvalue weighted by atomic mass is 32.1. The molecule has 1 aromatic carbocycles. The molecule has 5 rings (SSSR count). The Hall–Kier alpha value is -3.57. The molecule has 2 saturated heterocycles. The Balaban J connectivity index is 1.38. The lowest BCUT2D eigenvalue weighted by Crippen LogP contribution is -2.49. The number of aliphatic hydroxyl groups is 1. The van der Waals surface area contributed by atoms with Crippen LogP contribution in [0.25, 0.3) is 10.4 Å². The summed E-state index contributed by atoms with van der Waals surface area (Å²) in [5.41, 5.74) is 5.26. The fraction of sp³-hybridized carbons (Fsp3) is 0.545. The number of rotatable bonds is 9. The van der Waals surface area contributed by atoms with Crippen LogP contribution in [0.1, 0.15) is 81.1 Å². The van der Waals surface area contributed by atoms with Crippen LogP contribution in [0.15, 0.2) is 40.4 Å². The minimum atomic E-state index is -0.879. The highest BCUT2D eigenvalue weighted by Gasteiger charge is 2.43. The fourth-order valence-corrected chi connectivity index (χ4v) is 7.09. The number of hydrogen-bond donors (Lipinski definition) is 2. The largest absolute Gasteiger partial charge is 0.391 e. The van der Waals surface area contributed by atoms with Crippen LogP contribution in [0.2, 0.25) is 0 Å². The van der Waals surface area contributed by atoms with Gasteiger partial charge in [-0.15, -0.1) is 11.3 Å². The fourth-order valence-electron chi connectivity index (χ4n) is 6.28.